The summed E-state index contributed by atoms with van der Waals surface area (Å²) >= 11 is 0. The minimum atomic E-state index is -4.98. The van der Waals surface area contributed by atoms with Gasteiger partial charge >= 0.3 is 6.36 Å². The second kappa shape index (κ2) is 12.3. The molecular formula is C32H32F3N7O2. The Morgan fingerprint density at radius 3 is 2.70 bits per heavy atom. The van der Waals surface area contributed by atoms with E-state index in [1.165, 1.54) is 18.3 Å². The molecule has 1 amide bonds. The maximum absolute atomic E-state index is 13.6. The Balaban J connectivity index is 1.57. The Morgan fingerprint density at radius 1 is 1.20 bits per heavy atom. The molecule has 0 fully saturated rings. The molecule has 0 atom stereocenters. The number of rotatable bonds is 10. The molecule has 0 bridgehead atoms. The smallest absolute Gasteiger partial charge is 0.403 e. The highest BCUT2D eigenvalue weighted by atomic mass is 19.4. The van der Waals surface area contributed by atoms with Crippen molar-refractivity contribution in [1.82, 2.24) is 19.4 Å². The van der Waals surface area contributed by atoms with E-state index in [9.17, 15) is 18.0 Å². The first-order valence-electron chi connectivity index (χ1n) is 13.9. The van der Waals surface area contributed by atoms with Crippen molar-refractivity contribution in [2.45, 2.75) is 25.7 Å². The number of nitrogens with one attached hydrogen (secondary N) is 2. The molecule has 2 N–H and O–H groups in total. The van der Waals surface area contributed by atoms with Crippen LogP contribution in [0.2, 0.25) is 0 Å². The summed E-state index contributed by atoms with van der Waals surface area (Å²) in [6.45, 7) is 5.39. The number of likely N-dealkylation sites (N-methyl/N-ethyl adjacent to an activating group) is 2. The van der Waals surface area contributed by atoms with Gasteiger partial charge in [0.2, 0.25) is 11.9 Å². The third kappa shape index (κ3) is 6.48. The molecule has 0 unspecified atom stereocenters. The zero-order chi connectivity index (χ0) is 31.6. The van der Waals surface area contributed by atoms with Gasteiger partial charge in [0.25, 0.3) is 0 Å². The number of halogens is 3. The molecule has 0 saturated carbocycles. The number of carbonyl (C=O) groups excluding carboxylic acids is 1. The highest BCUT2D eigenvalue weighted by Crippen LogP contribution is 2.41. The van der Waals surface area contributed by atoms with Crippen LogP contribution in [0.25, 0.3) is 22.2 Å². The van der Waals surface area contributed by atoms with Gasteiger partial charge < -0.3 is 29.7 Å². The molecule has 228 valence electrons. The molecule has 4 aromatic rings. The van der Waals surface area contributed by atoms with Crippen molar-refractivity contribution in [3.8, 4) is 29.4 Å². The molecule has 1 aliphatic rings. The first-order chi connectivity index (χ1) is 21.0. The molecule has 5 rings (SSSR count). The Hall–Kier alpha value is -5.02. The number of nitrogens with zero attached hydrogens (tertiary/aromatic N) is 5. The van der Waals surface area contributed by atoms with Gasteiger partial charge in [0.1, 0.15) is 0 Å². The number of alkyl halides is 3. The fourth-order valence-electron chi connectivity index (χ4n) is 5.30. The molecular weight excluding hydrogens is 571 g/mol. The molecule has 0 saturated heterocycles. The number of aryl methyl sites for hydroxylation is 2. The molecule has 2 aromatic heterocycles. The van der Waals surface area contributed by atoms with Gasteiger partial charge in [-0.3, -0.25) is 4.79 Å². The van der Waals surface area contributed by atoms with Crippen LogP contribution in [-0.4, -0.2) is 65.9 Å². The average molecular weight is 604 g/mol. The van der Waals surface area contributed by atoms with Gasteiger partial charge in [0.05, 0.1) is 28.3 Å². The van der Waals surface area contributed by atoms with Crippen molar-refractivity contribution in [1.29, 1.82) is 0 Å². The van der Waals surface area contributed by atoms with E-state index in [-0.39, 0.29) is 17.3 Å². The topological polar surface area (TPSA) is 87.6 Å². The second-order valence-electron chi connectivity index (χ2n) is 10.7. The number of aromatic nitrogens is 3. The van der Waals surface area contributed by atoms with E-state index < -0.39 is 18.0 Å². The molecule has 2 aromatic carbocycles. The maximum Gasteiger partial charge on any atom is 0.573 e. The summed E-state index contributed by atoms with van der Waals surface area (Å²) in [5.74, 6) is 1.78. The Kier molecular flexibility index (Phi) is 8.51. The lowest BCUT2D eigenvalue weighted by Gasteiger charge is -2.26. The van der Waals surface area contributed by atoms with E-state index in [0.29, 0.717) is 24.5 Å². The standard InChI is InChI=1S/C32H32F3N7O2/c1-6-20-10-11-22-23(19-42-14-8-9-21(20)30(22)42)24-12-13-36-31(38-24)39-26-17-25(37-29(43)7-2)27(41(5)16-15-40(3)4)18-28(26)44-32(33,34)35/h1,7,10-13,17-19H,2,8-9,14-16H2,3-5H3,(H,37,43)(H,36,38,39). The van der Waals surface area contributed by atoms with Crippen LogP contribution in [0.4, 0.5) is 36.2 Å². The Morgan fingerprint density at radius 2 is 2.00 bits per heavy atom. The number of ether oxygens (including phenoxy) is 1. The van der Waals surface area contributed by atoms with Gasteiger partial charge in [-0.05, 0) is 56.8 Å². The van der Waals surface area contributed by atoms with Crippen LogP contribution in [0.15, 0.2) is 55.4 Å². The Labute approximate surface area is 253 Å². The highest BCUT2D eigenvalue weighted by molar-refractivity contribution is 6.02. The SMILES string of the molecule is C#Cc1ccc2c(-c3ccnc(Nc4cc(NC(=O)C=C)c(N(C)CCN(C)C)cc4OC(F)(F)F)n3)cn3c2c1CCC3. The number of benzene rings is 2. The largest absolute Gasteiger partial charge is 0.573 e. The van der Waals surface area contributed by atoms with Gasteiger partial charge in [-0.25, -0.2) is 9.97 Å². The molecule has 9 nitrogen and oxygen atoms in total. The number of hydrogen-bond acceptors (Lipinski definition) is 7. The Bertz CT molecular complexity index is 1770. The van der Waals surface area contributed by atoms with Crippen molar-refractivity contribution in [3.63, 3.8) is 0 Å². The van der Waals surface area contributed by atoms with Crippen molar-refractivity contribution in [2.75, 3.05) is 49.8 Å². The van der Waals surface area contributed by atoms with Crippen molar-refractivity contribution in [3.05, 3.63) is 66.5 Å². The third-order valence-electron chi connectivity index (χ3n) is 7.37. The normalized spacial score (nSPS) is 12.6. The zero-order valence-electron chi connectivity index (χ0n) is 24.6. The predicted octanol–water partition coefficient (Wildman–Crippen LogP) is 5.79. The van der Waals surface area contributed by atoms with Crippen LogP contribution < -0.4 is 20.3 Å². The van der Waals surface area contributed by atoms with Crippen LogP contribution in [0.3, 0.4) is 0 Å². The predicted molar refractivity (Wildman–Crippen MR) is 166 cm³/mol. The summed E-state index contributed by atoms with van der Waals surface area (Å²) in [5.41, 5.74) is 4.95. The molecule has 12 heteroatoms. The summed E-state index contributed by atoms with van der Waals surface area (Å²) in [6.07, 6.45) is 7.22. The lowest BCUT2D eigenvalue weighted by Crippen LogP contribution is -2.29. The average Bonchev–Trinajstić information content (AvgIpc) is 3.37. The van der Waals surface area contributed by atoms with Crippen LogP contribution in [-0.2, 0) is 17.8 Å². The summed E-state index contributed by atoms with van der Waals surface area (Å²) in [6, 6.07) is 8.22. The van der Waals surface area contributed by atoms with E-state index in [4.69, 9.17) is 6.42 Å². The van der Waals surface area contributed by atoms with Crippen molar-refractivity contribution >= 4 is 39.8 Å². The number of carbonyl (C=O) groups is 1. The minimum Gasteiger partial charge on any atom is -0.403 e. The molecule has 0 radical (unpaired) electrons. The molecule has 44 heavy (non-hydrogen) atoms. The van der Waals surface area contributed by atoms with Gasteiger partial charge in [-0.15, -0.1) is 19.6 Å². The number of hydrogen-bond donors (Lipinski definition) is 2. The van der Waals surface area contributed by atoms with E-state index in [0.717, 1.165) is 53.1 Å². The quantitative estimate of drug-likeness (QED) is 0.175. The third-order valence-corrected chi connectivity index (χ3v) is 7.37. The van der Waals surface area contributed by atoms with Gasteiger partial charge in [0, 0.05) is 61.7 Å². The number of anilines is 4. The second-order valence-corrected chi connectivity index (χ2v) is 10.7. The summed E-state index contributed by atoms with van der Waals surface area (Å²) < 4.78 is 47.3. The lowest BCUT2D eigenvalue weighted by molar-refractivity contribution is -0.274. The van der Waals surface area contributed by atoms with Crippen LogP contribution in [0.5, 0.6) is 5.75 Å². The summed E-state index contributed by atoms with van der Waals surface area (Å²) in [7, 11) is 5.48. The van der Waals surface area contributed by atoms with Gasteiger partial charge in [0.15, 0.2) is 5.75 Å². The van der Waals surface area contributed by atoms with Crippen LogP contribution in [0.1, 0.15) is 17.5 Å². The fourth-order valence-corrected chi connectivity index (χ4v) is 5.30. The molecule has 3 heterocycles. The van der Waals surface area contributed by atoms with Crippen LogP contribution in [0, 0.1) is 12.3 Å². The van der Waals surface area contributed by atoms with Crippen molar-refractivity contribution in [2.24, 2.45) is 0 Å². The van der Waals surface area contributed by atoms with Gasteiger partial charge in [-0.1, -0.05) is 18.6 Å². The van der Waals surface area contributed by atoms with E-state index in [1.807, 2.05) is 37.3 Å². The summed E-state index contributed by atoms with van der Waals surface area (Å²) in [4.78, 5) is 24.9. The number of terminal acetylenes is 1. The first-order valence-corrected chi connectivity index (χ1v) is 13.9. The van der Waals surface area contributed by atoms with Crippen molar-refractivity contribution < 1.29 is 22.7 Å². The zero-order valence-corrected chi connectivity index (χ0v) is 24.6. The fraction of sp³-hybridized carbons (Fsp3) is 0.281. The summed E-state index contributed by atoms with van der Waals surface area (Å²) in [5, 5.41) is 6.54. The minimum absolute atomic E-state index is 0.0421. The monoisotopic (exact) mass is 603 g/mol. The molecule has 0 aliphatic carbocycles. The highest BCUT2D eigenvalue weighted by Gasteiger charge is 2.33. The maximum atomic E-state index is 13.6. The number of amides is 1. The van der Waals surface area contributed by atoms with E-state index >= 15 is 0 Å². The van der Waals surface area contributed by atoms with E-state index in [2.05, 4.69) is 42.4 Å². The van der Waals surface area contributed by atoms with Crippen LogP contribution >= 0.6 is 0 Å². The lowest BCUT2D eigenvalue weighted by atomic mass is 9.96. The molecule has 1 aliphatic heterocycles. The van der Waals surface area contributed by atoms with E-state index in [1.54, 1.807) is 18.0 Å². The molecule has 0 spiro atoms. The first kappa shape index (κ1) is 30.4. The van der Waals surface area contributed by atoms with Gasteiger partial charge in [-0.2, -0.15) is 0 Å².